The van der Waals surface area contributed by atoms with E-state index < -0.39 is 29.3 Å². The Bertz CT molecular complexity index is 74.6. The number of rotatable bonds is 0. The molecule has 0 heterocycles. The predicted octanol–water partition coefficient (Wildman–Crippen LogP) is -18.1. The molecule has 0 radical (unpaired) electrons. The fourth-order valence-corrected chi connectivity index (χ4v) is 0. The summed E-state index contributed by atoms with van der Waals surface area (Å²) in [4.78, 5) is 0. The molecule has 0 atom stereocenters. The summed E-state index contributed by atoms with van der Waals surface area (Å²) in [5, 5.41) is 101. The second-order valence-electron chi connectivity index (χ2n) is 1.15. The Balaban J connectivity index is -0.00000001000. The maximum Gasteiger partial charge on any atom is 2.00 e. The average Bonchev–Trinajstić information content (AvgIpc) is 1.76. The molecule has 0 saturated heterocycles. The van der Waals surface area contributed by atoms with Crippen molar-refractivity contribution in [1.82, 2.24) is 0 Å². The molecule has 0 aromatic carbocycles. The quantitative estimate of drug-likeness (QED) is 0.375. The van der Waals surface area contributed by atoms with Gasteiger partial charge in [0.25, 0.3) is 0 Å². The van der Waals surface area contributed by atoms with Gasteiger partial charge in [0, 0.05) is 0 Å². The van der Waals surface area contributed by atoms with Crippen molar-refractivity contribution < 1.29 is 60.3 Å². The van der Waals surface area contributed by atoms with Crippen molar-refractivity contribution in [2.45, 2.75) is 0 Å². The van der Waals surface area contributed by atoms with Crippen LogP contribution < -0.4 is 60.3 Å². The molecule has 0 fully saturated rings. The van der Waals surface area contributed by atoms with Crippen molar-refractivity contribution in [3.05, 3.63) is 0 Å². The molecule has 0 aliphatic carbocycles. The molecule has 96 valence electrons. The van der Waals surface area contributed by atoms with E-state index in [1.165, 1.54) is 0 Å². The van der Waals surface area contributed by atoms with Crippen LogP contribution in [0.3, 0.4) is 0 Å². The molecule has 0 spiro atoms. The maximum absolute atomic E-state index is 8.42. The van der Waals surface area contributed by atoms with Crippen molar-refractivity contribution in [1.29, 1.82) is 0 Å². The Labute approximate surface area is 150 Å². The van der Waals surface area contributed by atoms with Gasteiger partial charge in [-0.3, -0.25) is 29.3 Å². The van der Waals surface area contributed by atoms with Crippen molar-refractivity contribution in [2.75, 3.05) is 0 Å². The van der Waals surface area contributed by atoms with Crippen LogP contribution in [0, 0.1) is 0 Å². The molecule has 0 aliphatic rings. The molecule has 12 nitrogen and oxygen atoms in total. The molecule has 0 aromatic rings. The van der Waals surface area contributed by atoms with Gasteiger partial charge >= 0.3 is 60.7 Å². The zero-order valence-corrected chi connectivity index (χ0v) is 11.5. The topological polar surface area (TPSA) is 277 Å². The minimum Gasteiger partial charge on any atom is -0.907 e. The molecule has 0 bridgehead atoms. The van der Waals surface area contributed by atoms with E-state index in [0.717, 1.165) is 0 Å². The van der Waals surface area contributed by atoms with Gasteiger partial charge in [-0.05, 0) is 0 Å². The SMILES string of the molecule is [Be+2].[Be+2].[Be+2].[Be+2].[Be+2].[Be+2].[O-]B([O-])[O-].[O-]B([O-])[O-].[O-]B([O-])[O-].[O-]B([O-])[O-]. The standard InChI is InChI=1S/4BO3.6Be/c4*2-1(3)4;;;;;;/q4*-3;6*+2. The van der Waals surface area contributed by atoms with Crippen LogP contribution in [0.1, 0.15) is 0 Å². The van der Waals surface area contributed by atoms with Gasteiger partial charge < -0.3 is 60.3 Å². The molecule has 0 aromatic heterocycles. The molecule has 0 rings (SSSR count). The molecule has 0 amide bonds. The third kappa shape index (κ3) is 13000. The maximum atomic E-state index is 8.42. The molecule has 22 heavy (non-hydrogen) atoms. The minimum atomic E-state index is -2.92. The van der Waals surface area contributed by atoms with Crippen molar-refractivity contribution in [3.63, 3.8) is 0 Å². The Morgan fingerprint density at radius 2 is 0.227 bits per heavy atom. The van der Waals surface area contributed by atoms with E-state index in [2.05, 4.69) is 0 Å². The zero-order chi connectivity index (χ0) is 14.3. The first-order chi connectivity index (χ1) is 6.93. The summed E-state index contributed by atoms with van der Waals surface area (Å²) in [6.07, 6.45) is 0. The molecule has 0 N–H and O–H groups in total. The average molecular weight is 289 g/mol. The van der Waals surface area contributed by atoms with E-state index in [4.69, 9.17) is 60.3 Å². The Morgan fingerprint density at radius 1 is 0.227 bits per heavy atom. The van der Waals surface area contributed by atoms with E-state index in [9.17, 15) is 0 Å². The monoisotopic (exact) mass is 290 g/mol. The first-order valence-electron chi connectivity index (χ1n) is 2.83. The summed E-state index contributed by atoms with van der Waals surface area (Å²) < 4.78 is 0. The molecule has 22 heteroatoms. The third-order valence-electron chi connectivity index (χ3n) is 0. The van der Waals surface area contributed by atoms with Crippen LogP contribution in [0.4, 0.5) is 0 Å². The van der Waals surface area contributed by atoms with Crippen LogP contribution in [0.15, 0.2) is 0 Å². The van der Waals surface area contributed by atoms with Gasteiger partial charge in [0.1, 0.15) is 0 Å². The molecule has 0 aliphatic heterocycles. The fourth-order valence-electron chi connectivity index (χ4n) is 0. The fraction of sp³-hybridized carbons (Fsp3) is 0. The first-order valence-corrected chi connectivity index (χ1v) is 2.83. The molecule has 0 unspecified atom stereocenters. The van der Waals surface area contributed by atoms with E-state index in [0.29, 0.717) is 0 Å². The van der Waals surface area contributed by atoms with Gasteiger partial charge in [-0.1, -0.05) is 0 Å². The summed E-state index contributed by atoms with van der Waals surface area (Å²) in [7, 11) is -11.7. The van der Waals surface area contributed by atoms with Crippen LogP contribution in [0.25, 0.3) is 0 Å². The Morgan fingerprint density at radius 3 is 0.227 bits per heavy atom. The first kappa shape index (κ1) is 66.1. The van der Waals surface area contributed by atoms with Crippen LogP contribution in [0.2, 0.25) is 0 Å². The second-order valence-corrected chi connectivity index (χ2v) is 1.15. The van der Waals surface area contributed by atoms with Gasteiger partial charge in [0.15, 0.2) is 0 Å². The van der Waals surface area contributed by atoms with Gasteiger partial charge in [-0.15, -0.1) is 0 Å². The predicted molar refractivity (Wildman–Crippen MR) is 57.5 cm³/mol. The third-order valence-corrected chi connectivity index (χ3v) is 0. The largest absolute Gasteiger partial charge is 2.00 e. The van der Waals surface area contributed by atoms with Crippen molar-refractivity contribution in [2.24, 2.45) is 0 Å². The Hall–Kier alpha value is 0.793. The van der Waals surface area contributed by atoms with Gasteiger partial charge in [-0.2, -0.15) is 0 Å². The summed E-state index contributed by atoms with van der Waals surface area (Å²) >= 11 is 0. The van der Waals surface area contributed by atoms with E-state index >= 15 is 0 Å². The van der Waals surface area contributed by atoms with E-state index in [1.54, 1.807) is 0 Å². The summed E-state index contributed by atoms with van der Waals surface area (Å²) in [5.74, 6) is 0. The van der Waals surface area contributed by atoms with Crippen LogP contribution >= 0.6 is 0 Å². The zero-order valence-electron chi connectivity index (χ0n) is 11.5. The molecular weight excluding hydrogens is 289 g/mol. The van der Waals surface area contributed by atoms with Crippen molar-refractivity contribution >= 4 is 90.0 Å². The number of hydrogen-bond donors (Lipinski definition) is 0. The van der Waals surface area contributed by atoms with Gasteiger partial charge in [0.05, 0.1) is 0 Å². The smallest absolute Gasteiger partial charge is 0.907 e. The van der Waals surface area contributed by atoms with Crippen LogP contribution in [-0.2, 0) is 0 Å². The minimum absolute atomic E-state index is 0. The van der Waals surface area contributed by atoms with E-state index in [-0.39, 0.29) is 60.7 Å². The van der Waals surface area contributed by atoms with Gasteiger partial charge in [-0.25, -0.2) is 0 Å². The molecular formula is B4Be6O12. The molecule has 0 saturated carbocycles. The van der Waals surface area contributed by atoms with E-state index in [1.807, 2.05) is 0 Å². The normalized spacial score (nSPS) is 4.91. The van der Waals surface area contributed by atoms with Crippen LogP contribution in [-0.4, -0.2) is 90.0 Å². The summed E-state index contributed by atoms with van der Waals surface area (Å²) in [6, 6.07) is 0. The van der Waals surface area contributed by atoms with Crippen molar-refractivity contribution in [3.8, 4) is 0 Å². The number of hydrogen-bond acceptors (Lipinski definition) is 12. The Kier molecular flexibility index (Phi) is 173. The van der Waals surface area contributed by atoms with Gasteiger partial charge in [0.2, 0.25) is 0 Å². The summed E-state index contributed by atoms with van der Waals surface area (Å²) in [5.41, 5.74) is 0. The summed E-state index contributed by atoms with van der Waals surface area (Å²) in [6.45, 7) is 0. The second kappa shape index (κ2) is 57.6. The van der Waals surface area contributed by atoms with Crippen LogP contribution in [0.5, 0.6) is 0 Å².